The van der Waals surface area contributed by atoms with Crippen molar-refractivity contribution >= 4 is 31.2 Å². The second kappa shape index (κ2) is 5.92. The van der Waals surface area contributed by atoms with E-state index in [9.17, 15) is 4.79 Å². The summed E-state index contributed by atoms with van der Waals surface area (Å²) in [6, 6.07) is 0. The van der Waals surface area contributed by atoms with Gasteiger partial charge in [-0.25, -0.2) is 0 Å². The number of rotatable bonds is 4. The van der Waals surface area contributed by atoms with Crippen molar-refractivity contribution in [2.75, 3.05) is 18.6 Å². The maximum Gasteiger partial charge on any atom is 0.309 e. The summed E-state index contributed by atoms with van der Waals surface area (Å²) in [6.45, 7) is 0. The highest BCUT2D eigenvalue weighted by atomic mass is 32.1. The highest BCUT2D eigenvalue weighted by Gasteiger charge is 2.15. The van der Waals surface area contributed by atoms with Gasteiger partial charge in [0.15, 0.2) is 0 Å². The fraction of sp³-hybridized carbons (Fsp3) is 0.833. The van der Waals surface area contributed by atoms with Crippen molar-refractivity contribution in [3.8, 4) is 0 Å². The molecular formula is C6H12O2S2. The molecule has 0 aliphatic heterocycles. The van der Waals surface area contributed by atoms with Gasteiger partial charge in [0.05, 0.1) is 13.0 Å². The van der Waals surface area contributed by atoms with E-state index in [-0.39, 0.29) is 11.9 Å². The van der Waals surface area contributed by atoms with E-state index < -0.39 is 0 Å². The third-order valence-corrected chi connectivity index (χ3v) is 1.93. The predicted octanol–water partition coefficient (Wildman–Crippen LogP) is 1.03. The Labute approximate surface area is 72.1 Å². The average Bonchev–Trinajstić information content (AvgIpc) is 1.99. The van der Waals surface area contributed by atoms with Crippen LogP contribution in [-0.4, -0.2) is 24.6 Å². The Morgan fingerprint density at radius 1 is 1.60 bits per heavy atom. The Balaban J connectivity index is 3.68. The minimum absolute atomic E-state index is 0.0918. The van der Waals surface area contributed by atoms with Crippen LogP contribution in [0, 0.1) is 5.92 Å². The molecule has 4 heteroatoms. The molecule has 1 unspecified atom stereocenters. The zero-order valence-electron chi connectivity index (χ0n) is 5.91. The van der Waals surface area contributed by atoms with Gasteiger partial charge in [0, 0.05) is 5.75 Å². The summed E-state index contributed by atoms with van der Waals surface area (Å²) < 4.78 is 4.53. The van der Waals surface area contributed by atoms with Crippen molar-refractivity contribution in [1.29, 1.82) is 0 Å². The Kier molecular flexibility index (Phi) is 6.02. The van der Waals surface area contributed by atoms with Crippen LogP contribution >= 0.6 is 25.3 Å². The first kappa shape index (κ1) is 10.2. The first-order valence-corrected chi connectivity index (χ1v) is 4.32. The lowest BCUT2D eigenvalue weighted by atomic mass is 10.1. The average molecular weight is 180 g/mol. The molecule has 0 fully saturated rings. The third-order valence-electron chi connectivity index (χ3n) is 1.23. The summed E-state index contributed by atoms with van der Waals surface area (Å²) in [4.78, 5) is 10.8. The van der Waals surface area contributed by atoms with Gasteiger partial charge in [-0.2, -0.15) is 25.3 Å². The molecule has 0 N–H and O–H groups in total. The summed E-state index contributed by atoms with van der Waals surface area (Å²) in [7, 11) is 1.39. The number of ether oxygens (including phenoxy) is 1. The molecule has 60 valence electrons. The van der Waals surface area contributed by atoms with E-state index in [4.69, 9.17) is 0 Å². The minimum atomic E-state index is -0.191. The number of hydrogen-bond acceptors (Lipinski definition) is 4. The zero-order chi connectivity index (χ0) is 7.98. The molecule has 0 bridgehead atoms. The van der Waals surface area contributed by atoms with E-state index in [1.54, 1.807) is 0 Å². The van der Waals surface area contributed by atoms with Crippen LogP contribution in [0.5, 0.6) is 0 Å². The Hall–Kier alpha value is 0.170. The SMILES string of the molecule is COC(=O)C(CS)CCS. The van der Waals surface area contributed by atoms with Crippen molar-refractivity contribution in [1.82, 2.24) is 0 Å². The fourth-order valence-electron chi connectivity index (χ4n) is 0.606. The molecule has 0 aromatic rings. The highest BCUT2D eigenvalue weighted by Crippen LogP contribution is 2.07. The second-order valence-electron chi connectivity index (χ2n) is 1.91. The van der Waals surface area contributed by atoms with Crippen LogP contribution in [-0.2, 0) is 9.53 Å². The van der Waals surface area contributed by atoms with Gasteiger partial charge in [-0.15, -0.1) is 0 Å². The minimum Gasteiger partial charge on any atom is -0.469 e. The van der Waals surface area contributed by atoms with Gasteiger partial charge >= 0.3 is 5.97 Å². The van der Waals surface area contributed by atoms with Crippen LogP contribution in [0.2, 0.25) is 0 Å². The second-order valence-corrected chi connectivity index (χ2v) is 2.73. The molecule has 0 aromatic carbocycles. The molecule has 10 heavy (non-hydrogen) atoms. The summed E-state index contributed by atoms with van der Waals surface area (Å²) in [5.41, 5.74) is 0. The van der Waals surface area contributed by atoms with Crippen molar-refractivity contribution < 1.29 is 9.53 Å². The fourth-order valence-corrected chi connectivity index (χ4v) is 1.25. The molecule has 0 heterocycles. The maximum absolute atomic E-state index is 10.8. The number of methoxy groups -OCH3 is 1. The van der Waals surface area contributed by atoms with Crippen molar-refractivity contribution in [2.24, 2.45) is 5.92 Å². The van der Waals surface area contributed by atoms with Gasteiger partial charge in [-0.1, -0.05) is 0 Å². The first-order valence-electron chi connectivity index (χ1n) is 3.05. The summed E-state index contributed by atoms with van der Waals surface area (Å²) in [6.07, 6.45) is 0.735. The summed E-state index contributed by atoms with van der Waals surface area (Å²) >= 11 is 8.01. The lowest BCUT2D eigenvalue weighted by Gasteiger charge is -2.08. The van der Waals surface area contributed by atoms with Crippen LogP contribution in [0.1, 0.15) is 6.42 Å². The van der Waals surface area contributed by atoms with Crippen molar-refractivity contribution in [3.63, 3.8) is 0 Å². The molecule has 1 atom stereocenters. The molecule has 0 aliphatic carbocycles. The largest absolute Gasteiger partial charge is 0.469 e. The molecule has 0 amide bonds. The van der Waals surface area contributed by atoms with Crippen LogP contribution in [0.4, 0.5) is 0 Å². The number of carbonyl (C=O) groups is 1. The molecule has 2 nitrogen and oxygen atoms in total. The van der Waals surface area contributed by atoms with E-state index in [0.717, 1.165) is 6.42 Å². The molecule has 0 rings (SSSR count). The molecule has 0 spiro atoms. The molecular weight excluding hydrogens is 168 g/mol. The van der Waals surface area contributed by atoms with Crippen molar-refractivity contribution in [2.45, 2.75) is 6.42 Å². The topological polar surface area (TPSA) is 26.3 Å². The smallest absolute Gasteiger partial charge is 0.309 e. The number of thiol groups is 2. The normalized spacial score (nSPS) is 12.7. The van der Waals surface area contributed by atoms with Crippen molar-refractivity contribution in [3.05, 3.63) is 0 Å². The number of hydrogen-bond donors (Lipinski definition) is 2. The Morgan fingerprint density at radius 2 is 2.20 bits per heavy atom. The maximum atomic E-state index is 10.8. The Bertz CT molecular complexity index is 106. The van der Waals surface area contributed by atoms with E-state index in [1.165, 1.54) is 7.11 Å². The number of esters is 1. The lowest BCUT2D eigenvalue weighted by Crippen LogP contribution is -2.18. The van der Waals surface area contributed by atoms with E-state index in [0.29, 0.717) is 11.5 Å². The molecule has 0 aromatic heterocycles. The molecule has 0 saturated heterocycles. The monoisotopic (exact) mass is 180 g/mol. The van der Waals surface area contributed by atoms with Gasteiger partial charge in [0.1, 0.15) is 0 Å². The molecule has 0 saturated carbocycles. The molecule has 0 aliphatic rings. The summed E-state index contributed by atoms with van der Waals surface area (Å²) in [5.74, 6) is 0.947. The van der Waals surface area contributed by atoms with Gasteiger partial charge in [0.25, 0.3) is 0 Å². The van der Waals surface area contributed by atoms with Crippen LogP contribution in [0.3, 0.4) is 0 Å². The third kappa shape index (κ3) is 3.37. The standard InChI is InChI=1S/C6H12O2S2/c1-8-6(7)5(4-10)2-3-9/h5,9-10H,2-4H2,1H3. The van der Waals surface area contributed by atoms with Gasteiger partial charge in [0.2, 0.25) is 0 Å². The number of carbonyl (C=O) groups excluding carboxylic acids is 1. The van der Waals surface area contributed by atoms with Gasteiger partial charge in [-0.3, -0.25) is 4.79 Å². The lowest BCUT2D eigenvalue weighted by molar-refractivity contribution is -0.144. The molecule has 0 radical (unpaired) electrons. The van der Waals surface area contributed by atoms with E-state index >= 15 is 0 Å². The van der Waals surface area contributed by atoms with Gasteiger partial charge < -0.3 is 4.74 Å². The van der Waals surface area contributed by atoms with Crippen LogP contribution in [0.25, 0.3) is 0 Å². The summed E-state index contributed by atoms with van der Waals surface area (Å²) in [5, 5.41) is 0. The highest BCUT2D eigenvalue weighted by molar-refractivity contribution is 7.80. The Morgan fingerprint density at radius 3 is 2.50 bits per heavy atom. The quantitative estimate of drug-likeness (QED) is 0.499. The van der Waals surface area contributed by atoms with E-state index in [2.05, 4.69) is 30.0 Å². The van der Waals surface area contributed by atoms with Crippen LogP contribution < -0.4 is 0 Å². The zero-order valence-corrected chi connectivity index (χ0v) is 7.70. The van der Waals surface area contributed by atoms with Gasteiger partial charge in [-0.05, 0) is 12.2 Å². The first-order chi connectivity index (χ1) is 4.76. The van der Waals surface area contributed by atoms with E-state index in [1.807, 2.05) is 0 Å². The predicted molar refractivity (Wildman–Crippen MR) is 47.8 cm³/mol. The van der Waals surface area contributed by atoms with Crippen LogP contribution in [0.15, 0.2) is 0 Å².